The Morgan fingerprint density at radius 3 is 1.55 bits per heavy atom. The van der Waals surface area contributed by atoms with E-state index >= 15 is 0 Å². The molecular weight excluding hydrogens is 152 g/mol. The Morgan fingerprint density at radius 2 is 1.55 bits per heavy atom. The van der Waals surface area contributed by atoms with E-state index in [2.05, 4.69) is 6.58 Å². The first kappa shape index (κ1) is 12.1. The van der Waals surface area contributed by atoms with Gasteiger partial charge in [0.15, 0.2) is 0 Å². The summed E-state index contributed by atoms with van der Waals surface area (Å²) in [7, 11) is 0. The van der Waals surface area contributed by atoms with Crippen LogP contribution in [0.2, 0.25) is 0 Å². The lowest BCUT2D eigenvalue weighted by atomic mass is 10.4. The van der Waals surface area contributed by atoms with Gasteiger partial charge in [0.1, 0.15) is 0 Å². The summed E-state index contributed by atoms with van der Waals surface area (Å²) in [5.74, 6) is -3.27. The van der Waals surface area contributed by atoms with Gasteiger partial charge in [-0.1, -0.05) is 6.58 Å². The molecule has 0 radical (unpaired) electrons. The van der Waals surface area contributed by atoms with Gasteiger partial charge in [-0.2, -0.15) is 0 Å². The second kappa shape index (κ2) is 6.47. The number of carboxylic acids is 2. The maximum Gasteiger partial charge on any atom is 0.376 e. The van der Waals surface area contributed by atoms with Crippen molar-refractivity contribution in [2.45, 2.75) is 6.92 Å². The van der Waals surface area contributed by atoms with E-state index in [0.29, 0.717) is 0 Å². The molecule has 0 aromatic heterocycles. The maximum absolute atomic E-state index is 9.79. The minimum atomic E-state index is -1.46. The molecule has 0 saturated carbocycles. The first-order chi connectivity index (χ1) is 4.91. The fourth-order valence-electron chi connectivity index (χ4n) is 0.0873. The van der Waals surface area contributed by atoms with E-state index in [0.717, 1.165) is 13.0 Å². The lowest BCUT2D eigenvalue weighted by Gasteiger charge is -1.75. The van der Waals surface area contributed by atoms with Crippen molar-refractivity contribution in [3.8, 4) is 0 Å². The Labute approximate surface area is 63.0 Å². The molecule has 0 aliphatic heterocycles. The molecular formula is C6H8O5. The van der Waals surface area contributed by atoms with Crippen molar-refractivity contribution < 1.29 is 24.6 Å². The van der Waals surface area contributed by atoms with Crippen LogP contribution in [0.1, 0.15) is 6.92 Å². The molecule has 11 heavy (non-hydrogen) atoms. The molecule has 0 aliphatic carbocycles. The highest BCUT2D eigenvalue weighted by Crippen LogP contribution is 1.68. The van der Waals surface area contributed by atoms with Gasteiger partial charge in [0.2, 0.25) is 0 Å². The molecule has 0 unspecified atom stereocenters. The van der Waals surface area contributed by atoms with Crippen LogP contribution in [0.5, 0.6) is 0 Å². The number of hydrogen-bond acceptors (Lipinski definition) is 3. The summed E-state index contributed by atoms with van der Waals surface area (Å²) in [5, 5.41) is 15.2. The number of hydrogen-bond donors (Lipinski definition) is 2. The zero-order chi connectivity index (χ0) is 9.44. The highest BCUT2D eigenvalue weighted by Gasteiger charge is 2.02. The molecule has 0 rings (SSSR count). The zero-order valence-electron chi connectivity index (χ0n) is 5.90. The van der Waals surface area contributed by atoms with Crippen LogP contribution in [0.15, 0.2) is 12.7 Å². The largest absolute Gasteiger partial charge is 0.481 e. The Hall–Kier alpha value is -1.65. The van der Waals surface area contributed by atoms with Crippen LogP contribution in [0, 0.1) is 0 Å². The van der Waals surface area contributed by atoms with Crippen LogP contribution in [-0.4, -0.2) is 27.9 Å². The second-order valence-corrected chi connectivity index (χ2v) is 1.39. The van der Waals surface area contributed by atoms with E-state index in [1.165, 1.54) is 0 Å². The van der Waals surface area contributed by atoms with Crippen molar-refractivity contribution in [1.29, 1.82) is 0 Å². The average molecular weight is 160 g/mol. The molecule has 0 heterocycles. The first-order valence-electron chi connectivity index (χ1n) is 2.51. The van der Waals surface area contributed by atoms with Crippen LogP contribution < -0.4 is 0 Å². The minimum absolute atomic E-state index is 0.752. The molecule has 2 N–H and O–H groups in total. The summed E-state index contributed by atoms with van der Waals surface area (Å²) in [4.78, 5) is 28.3. The van der Waals surface area contributed by atoms with Crippen molar-refractivity contribution in [3.63, 3.8) is 0 Å². The quantitative estimate of drug-likeness (QED) is 0.435. The molecule has 5 nitrogen and oxygen atoms in total. The van der Waals surface area contributed by atoms with Gasteiger partial charge in [-0.05, 0) is 6.08 Å². The van der Waals surface area contributed by atoms with Gasteiger partial charge >= 0.3 is 5.97 Å². The Bertz CT molecular complexity index is 177. The summed E-state index contributed by atoms with van der Waals surface area (Å²) in [6.07, 6.45) is 0.752. The van der Waals surface area contributed by atoms with Crippen molar-refractivity contribution >= 4 is 17.7 Å². The topological polar surface area (TPSA) is 91.7 Å². The average Bonchev–Trinajstić information content (AvgIpc) is 1.85. The molecule has 62 valence electrons. The van der Waals surface area contributed by atoms with E-state index in [9.17, 15) is 9.59 Å². The summed E-state index contributed by atoms with van der Waals surface area (Å²) in [6, 6.07) is 0. The van der Waals surface area contributed by atoms with Crippen molar-refractivity contribution in [2.75, 3.05) is 0 Å². The fraction of sp³-hybridized carbons (Fsp3) is 0.167. The number of carbonyl (C=O) groups excluding carboxylic acids is 1. The van der Waals surface area contributed by atoms with Crippen LogP contribution >= 0.6 is 0 Å². The van der Waals surface area contributed by atoms with Gasteiger partial charge in [-0.25, -0.2) is 4.79 Å². The van der Waals surface area contributed by atoms with Gasteiger partial charge in [0.05, 0.1) is 0 Å². The minimum Gasteiger partial charge on any atom is -0.481 e. The van der Waals surface area contributed by atoms with E-state index in [-0.39, 0.29) is 0 Å². The third kappa shape index (κ3) is 17.8. The van der Waals surface area contributed by atoms with Crippen LogP contribution in [-0.2, 0) is 14.4 Å². The van der Waals surface area contributed by atoms with Crippen molar-refractivity contribution in [3.05, 3.63) is 12.7 Å². The van der Waals surface area contributed by atoms with Crippen molar-refractivity contribution in [1.82, 2.24) is 0 Å². The summed E-state index contributed by atoms with van der Waals surface area (Å²) < 4.78 is 0. The van der Waals surface area contributed by atoms with Gasteiger partial charge < -0.3 is 10.2 Å². The smallest absolute Gasteiger partial charge is 0.376 e. The third-order valence-corrected chi connectivity index (χ3v) is 0.396. The lowest BCUT2D eigenvalue weighted by Crippen LogP contribution is -2.07. The molecule has 0 aromatic carbocycles. The van der Waals surface area contributed by atoms with E-state index in [4.69, 9.17) is 15.0 Å². The lowest BCUT2D eigenvalue weighted by molar-refractivity contribution is -0.146. The molecule has 0 bridgehead atoms. The summed E-state index contributed by atoms with van der Waals surface area (Å²) in [5.41, 5.74) is 0. The molecule has 0 aliphatic rings. The maximum atomic E-state index is 9.79. The highest BCUT2D eigenvalue weighted by molar-refractivity contribution is 6.37. The monoisotopic (exact) mass is 160 g/mol. The van der Waals surface area contributed by atoms with Gasteiger partial charge in [-0.15, -0.1) is 0 Å². The number of carbonyl (C=O) groups is 3. The normalized spacial score (nSPS) is 7.00. The summed E-state index contributed by atoms with van der Waals surface area (Å²) in [6.45, 7) is 4.03. The highest BCUT2D eigenvalue weighted by atomic mass is 16.4. The van der Waals surface area contributed by atoms with E-state index in [1.54, 1.807) is 0 Å². The predicted octanol–water partition coefficient (Wildman–Crippen LogP) is -0.0830. The Kier molecular flexibility index (Phi) is 7.10. The molecule has 0 atom stereocenters. The second-order valence-electron chi connectivity index (χ2n) is 1.39. The van der Waals surface area contributed by atoms with Crippen LogP contribution in [0.4, 0.5) is 0 Å². The Balaban J connectivity index is 0. The molecule has 5 heteroatoms. The first-order valence-corrected chi connectivity index (χ1v) is 2.51. The van der Waals surface area contributed by atoms with Gasteiger partial charge in [0.25, 0.3) is 11.8 Å². The Morgan fingerprint density at radius 1 is 1.27 bits per heavy atom. The molecule has 0 aromatic rings. The molecule has 0 spiro atoms. The van der Waals surface area contributed by atoms with Crippen LogP contribution in [0.25, 0.3) is 0 Å². The molecule has 0 fully saturated rings. The molecule has 0 saturated heterocycles. The van der Waals surface area contributed by atoms with Gasteiger partial charge in [-0.3, -0.25) is 9.59 Å². The predicted molar refractivity (Wildman–Crippen MR) is 36.1 cm³/mol. The van der Waals surface area contributed by atoms with E-state index in [1.807, 2.05) is 0 Å². The zero-order valence-corrected chi connectivity index (χ0v) is 5.90. The number of carboxylic acid groups (broad SMARTS) is 2. The van der Waals surface area contributed by atoms with Crippen molar-refractivity contribution in [2.24, 2.45) is 0 Å². The fourth-order valence-corrected chi connectivity index (χ4v) is 0.0873. The summed E-state index contributed by atoms with van der Waals surface area (Å²) >= 11 is 0. The number of ketones is 1. The SMILES string of the molecule is C=CC(=O)C(=O)O.CC(=O)O. The third-order valence-electron chi connectivity index (χ3n) is 0.396. The van der Waals surface area contributed by atoms with E-state index < -0.39 is 17.7 Å². The number of aliphatic carboxylic acids is 2. The standard InChI is InChI=1S/C4H4O3.C2H4O2/c1-2-3(5)4(6)7;1-2(3)4/h2H,1H2,(H,6,7);1H3,(H,3,4). The molecule has 0 amide bonds. The van der Waals surface area contributed by atoms with Gasteiger partial charge in [0, 0.05) is 6.92 Å². The van der Waals surface area contributed by atoms with Crippen LogP contribution in [0.3, 0.4) is 0 Å². The number of rotatable bonds is 2.